The second-order valence-corrected chi connectivity index (χ2v) is 23.8. The Hall–Kier alpha value is -0.720. The quantitative estimate of drug-likeness (QED) is 0.131. The highest BCUT2D eigenvalue weighted by Gasteiger charge is 2.85. The van der Waals surface area contributed by atoms with Crippen molar-refractivity contribution in [2.24, 2.45) is 44.8 Å². The van der Waals surface area contributed by atoms with Gasteiger partial charge in [-0.3, -0.25) is 0 Å². The molecule has 18 nitrogen and oxygen atoms in total. The first-order valence-corrected chi connectivity index (χ1v) is 24.2. The molecule has 374 valence electrons. The highest BCUT2D eigenvalue weighted by Crippen LogP contribution is 2.89. The number of fused-ring (bicyclic) bond motifs is 2. The molecule has 0 aromatic heterocycles. The summed E-state index contributed by atoms with van der Waals surface area (Å²) in [5.41, 5.74) is -3.65. The number of hydrogen-bond acceptors (Lipinski definition) is 18. The van der Waals surface area contributed by atoms with E-state index in [9.17, 15) is 56.2 Å². The summed E-state index contributed by atoms with van der Waals surface area (Å²) in [7, 11) is 0. The lowest BCUT2D eigenvalue weighted by Gasteiger charge is -2.65. The molecule has 26 atom stereocenters. The topological polar surface area (TPSA) is 287 Å². The highest BCUT2D eigenvalue weighted by molar-refractivity contribution is 5.33. The van der Waals surface area contributed by atoms with Crippen LogP contribution in [0.4, 0.5) is 0 Å². The van der Waals surface area contributed by atoms with Crippen LogP contribution in [-0.2, 0) is 33.2 Å². The van der Waals surface area contributed by atoms with E-state index in [1.165, 1.54) is 6.92 Å². The summed E-state index contributed by atoms with van der Waals surface area (Å²) in [5.74, 6) is -0.425. The Morgan fingerprint density at radius 3 is 1.95 bits per heavy atom. The maximum atomic E-state index is 12.3. The summed E-state index contributed by atoms with van der Waals surface area (Å²) < 4.78 is 44.5. The molecule has 4 saturated heterocycles. The van der Waals surface area contributed by atoms with Gasteiger partial charge >= 0.3 is 0 Å². The molecule has 18 heteroatoms. The van der Waals surface area contributed by atoms with Gasteiger partial charge in [0.05, 0.1) is 54.9 Å². The first kappa shape index (κ1) is 49.3. The van der Waals surface area contributed by atoms with E-state index in [4.69, 9.17) is 33.2 Å². The minimum atomic E-state index is -1.69. The van der Waals surface area contributed by atoms with Gasteiger partial charge in [-0.2, -0.15) is 0 Å². The van der Waals surface area contributed by atoms with Crippen LogP contribution in [0.15, 0.2) is 0 Å². The maximum Gasteiger partial charge on any atom is 0.187 e. The molecule has 4 aliphatic heterocycles. The Morgan fingerprint density at radius 1 is 0.646 bits per heavy atom. The van der Waals surface area contributed by atoms with Crippen LogP contribution in [0.25, 0.3) is 0 Å². The van der Waals surface area contributed by atoms with E-state index in [0.29, 0.717) is 38.5 Å². The molecule has 0 unspecified atom stereocenters. The smallest absolute Gasteiger partial charge is 0.187 e. The summed E-state index contributed by atoms with van der Waals surface area (Å²) in [4.78, 5) is 0. The zero-order valence-corrected chi connectivity index (χ0v) is 39.2. The Kier molecular flexibility index (Phi) is 12.4. The van der Waals surface area contributed by atoms with Gasteiger partial charge in [0.1, 0.15) is 61.0 Å². The van der Waals surface area contributed by atoms with Crippen LogP contribution in [-0.4, -0.2) is 191 Å². The molecule has 5 saturated carbocycles. The van der Waals surface area contributed by atoms with Gasteiger partial charge in [0.2, 0.25) is 0 Å². The van der Waals surface area contributed by atoms with Gasteiger partial charge in [0, 0.05) is 5.92 Å². The molecule has 0 aromatic carbocycles. The fourth-order valence-electron chi connectivity index (χ4n) is 16.3. The maximum absolute atomic E-state index is 12.3. The van der Waals surface area contributed by atoms with Gasteiger partial charge in [0.15, 0.2) is 18.9 Å². The third-order valence-corrected chi connectivity index (χ3v) is 19.7. The molecular formula is C47H78O18. The van der Waals surface area contributed by atoms with Crippen LogP contribution in [0.2, 0.25) is 0 Å². The zero-order chi connectivity index (χ0) is 47.4. The number of hydrogen-bond donors (Lipinski definition) is 11. The number of ether oxygens (including phenoxy) is 7. The van der Waals surface area contributed by atoms with Crippen molar-refractivity contribution in [3.05, 3.63) is 0 Å². The molecule has 9 aliphatic rings. The van der Waals surface area contributed by atoms with Gasteiger partial charge in [-0.15, -0.1) is 0 Å². The first-order valence-electron chi connectivity index (χ1n) is 24.2. The monoisotopic (exact) mass is 931 g/mol. The minimum absolute atomic E-state index is 0.0390. The molecule has 0 bridgehead atoms. The minimum Gasteiger partial charge on any atom is -0.394 e. The van der Waals surface area contributed by atoms with Crippen LogP contribution < -0.4 is 0 Å². The van der Waals surface area contributed by atoms with E-state index in [1.54, 1.807) is 13.8 Å². The SMILES string of the molecule is C[C@@H]1O[C@@H](O[C@H]2[C@H](O[C@H]3CC[C@]45C[C@]46CC[C@]4(C)[C@@H]([C@]7(C)CC[C@H](C(C)(C)O)O7)[C@@H](O)C[C@@]4(C)[C@@H]6C[C@H](O[C@H]4O[C@@H](CO)[C@H](O)[C@@H](O)[C@@H]4O)[C@H]5C3(C)C)OC[C@@H](O)[C@@H]2O)[C@H](O)[C@H](O)[C@H]1O. The van der Waals surface area contributed by atoms with Crippen LogP contribution in [0, 0.1) is 44.8 Å². The molecule has 0 amide bonds. The third-order valence-electron chi connectivity index (χ3n) is 19.7. The van der Waals surface area contributed by atoms with Gasteiger partial charge in [-0.05, 0) is 124 Å². The predicted molar refractivity (Wildman–Crippen MR) is 225 cm³/mol. The Bertz CT molecular complexity index is 1750. The summed E-state index contributed by atoms with van der Waals surface area (Å²) in [6.45, 7) is 15.1. The van der Waals surface area contributed by atoms with Crippen molar-refractivity contribution >= 4 is 0 Å². The van der Waals surface area contributed by atoms with Crippen LogP contribution in [0.3, 0.4) is 0 Å². The average Bonchev–Trinajstić information content (AvgIpc) is 3.60. The third kappa shape index (κ3) is 7.23. The van der Waals surface area contributed by atoms with Crippen molar-refractivity contribution < 1.29 is 89.3 Å². The number of aliphatic hydroxyl groups is 11. The number of rotatable bonds is 9. The lowest BCUT2D eigenvalue weighted by Crippen LogP contribution is -2.66. The van der Waals surface area contributed by atoms with Gasteiger partial charge < -0.3 is 89.3 Å². The average molecular weight is 931 g/mol. The van der Waals surface area contributed by atoms with E-state index < -0.39 is 133 Å². The molecular weight excluding hydrogens is 852 g/mol. The summed E-state index contributed by atoms with van der Waals surface area (Å²) >= 11 is 0. The lowest BCUT2D eigenvalue weighted by molar-refractivity contribution is -0.366. The molecule has 4 heterocycles. The molecule has 11 N–H and O–H groups in total. The van der Waals surface area contributed by atoms with Crippen molar-refractivity contribution in [3.8, 4) is 0 Å². The number of aliphatic hydroxyl groups excluding tert-OH is 10. The highest BCUT2D eigenvalue weighted by atomic mass is 16.8. The summed E-state index contributed by atoms with van der Waals surface area (Å²) in [6.07, 6.45) is -16.0. The largest absolute Gasteiger partial charge is 0.394 e. The van der Waals surface area contributed by atoms with Gasteiger partial charge in [-0.25, -0.2) is 0 Å². The molecule has 0 aromatic rings. The summed E-state index contributed by atoms with van der Waals surface area (Å²) in [5, 5.41) is 120. The van der Waals surface area contributed by atoms with Gasteiger partial charge in [-0.1, -0.05) is 27.7 Å². The van der Waals surface area contributed by atoms with E-state index in [-0.39, 0.29) is 46.7 Å². The van der Waals surface area contributed by atoms with Crippen molar-refractivity contribution in [2.75, 3.05) is 13.2 Å². The summed E-state index contributed by atoms with van der Waals surface area (Å²) in [6, 6.07) is 0. The predicted octanol–water partition coefficient (Wildman–Crippen LogP) is -0.424. The lowest BCUT2D eigenvalue weighted by atomic mass is 9.41. The zero-order valence-electron chi connectivity index (χ0n) is 39.2. The van der Waals surface area contributed by atoms with E-state index in [2.05, 4.69) is 34.6 Å². The Balaban J connectivity index is 1.04. The van der Waals surface area contributed by atoms with Crippen molar-refractivity contribution in [3.63, 3.8) is 0 Å². The Morgan fingerprint density at radius 2 is 1.31 bits per heavy atom. The van der Waals surface area contributed by atoms with E-state index >= 15 is 0 Å². The van der Waals surface area contributed by atoms with E-state index in [1.807, 2.05) is 0 Å². The Labute approximate surface area is 381 Å². The molecule has 2 spiro atoms. The normalized spacial score (nSPS) is 58.7. The van der Waals surface area contributed by atoms with Crippen LogP contribution in [0.5, 0.6) is 0 Å². The van der Waals surface area contributed by atoms with Crippen LogP contribution >= 0.6 is 0 Å². The molecule has 5 aliphatic carbocycles. The molecule has 9 fully saturated rings. The fraction of sp³-hybridized carbons (Fsp3) is 1.00. The molecule has 9 rings (SSSR count). The molecule has 65 heavy (non-hydrogen) atoms. The standard InChI is InChI=1S/C47H78O18/c1-20-28(51)31(54)33(56)38(60-20)64-35-29(52)22(50)18-59-40(35)63-26-10-12-47-19-46(47)14-13-43(6)36(45(8)11-9-27(65-45)42(4,5)58)21(49)16-44(43,7)25(46)15-23(37(47)41(26,2)3)61-39-34(57)32(55)30(53)24(17-48)62-39/h20-40,48-58H,9-19H2,1-8H3/t20-,21-,22+,23-,24-,25-,26-,27+,28-,29-,30-,31+,32+,33+,34-,35+,36-,37-,38-,39-,40-,43+,44-,45-,46-,47+/m0/s1. The first-order chi connectivity index (χ1) is 30.2. The molecule has 0 radical (unpaired) electrons. The van der Waals surface area contributed by atoms with Crippen molar-refractivity contribution in [2.45, 2.75) is 235 Å². The van der Waals surface area contributed by atoms with Gasteiger partial charge in [0.25, 0.3) is 0 Å². The van der Waals surface area contributed by atoms with E-state index in [0.717, 1.165) is 19.3 Å². The van der Waals surface area contributed by atoms with Crippen molar-refractivity contribution in [1.82, 2.24) is 0 Å². The second kappa shape index (κ2) is 16.4. The van der Waals surface area contributed by atoms with Crippen LogP contribution in [0.1, 0.15) is 113 Å². The fourth-order valence-corrected chi connectivity index (χ4v) is 16.3. The second-order valence-electron chi connectivity index (χ2n) is 23.8. The van der Waals surface area contributed by atoms with Crippen molar-refractivity contribution in [1.29, 1.82) is 0 Å².